The van der Waals surface area contributed by atoms with Gasteiger partial charge in [0.1, 0.15) is 5.75 Å². The normalized spacial score (nSPS) is 10.6. The van der Waals surface area contributed by atoms with Crippen LogP contribution in [-0.2, 0) is 6.54 Å². The molecule has 0 atom stereocenters. The molecular weight excluding hydrogens is 293 g/mol. The highest BCUT2D eigenvalue weighted by atomic mass is 35.5. The number of nitrogens with one attached hydrogen (secondary N) is 1. The number of hydrogen-bond donors (Lipinski definition) is 1. The molecule has 4 heteroatoms. The van der Waals surface area contributed by atoms with Crippen molar-refractivity contribution in [3.8, 4) is 16.9 Å². The SMILES string of the molecule is CCNCc1cc(-c2ccc(Cl)cc2Cl)ccc1OC. The van der Waals surface area contributed by atoms with E-state index in [9.17, 15) is 0 Å². The first kappa shape index (κ1) is 15.2. The molecule has 0 aliphatic heterocycles. The van der Waals surface area contributed by atoms with Crippen LogP contribution in [0, 0.1) is 0 Å². The van der Waals surface area contributed by atoms with Gasteiger partial charge in [-0.1, -0.05) is 42.3 Å². The third-order valence-corrected chi connectivity index (χ3v) is 3.64. The lowest BCUT2D eigenvalue weighted by Crippen LogP contribution is -2.12. The van der Waals surface area contributed by atoms with Crippen molar-refractivity contribution in [2.24, 2.45) is 0 Å². The highest BCUT2D eigenvalue weighted by Gasteiger charge is 2.08. The van der Waals surface area contributed by atoms with Crippen molar-refractivity contribution in [3.63, 3.8) is 0 Å². The molecule has 0 spiro atoms. The fourth-order valence-electron chi connectivity index (χ4n) is 2.07. The average Bonchev–Trinajstić information content (AvgIpc) is 2.45. The molecule has 0 heterocycles. The average molecular weight is 310 g/mol. The number of benzene rings is 2. The van der Waals surface area contributed by atoms with Crippen LogP contribution < -0.4 is 10.1 Å². The van der Waals surface area contributed by atoms with Crippen LogP contribution in [0.3, 0.4) is 0 Å². The van der Waals surface area contributed by atoms with E-state index in [1.54, 1.807) is 13.2 Å². The van der Waals surface area contributed by atoms with Crippen LogP contribution in [0.5, 0.6) is 5.75 Å². The summed E-state index contributed by atoms with van der Waals surface area (Å²) in [7, 11) is 1.68. The van der Waals surface area contributed by atoms with Gasteiger partial charge in [-0.2, -0.15) is 0 Å². The van der Waals surface area contributed by atoms with Crippen LogP contribution in [0.15, 0.2) is 36.4 Å². The zero-order valence-electron chi connectivity index (χ0n) is 11.5. The van der Waals surface area contributed by atoms with E-state index in [2.05, 4.69) is 18.3 Å². The fraction of sp³-hybridized carbons (Fsp3) is 0.250. The Bertz CT molecular complexity index is 599. The lowest BCUT2D eigenvalue weighted by atomic mass is 10.0. The summed E-state index contributed by atoms with van der Waals surface area (Å²) in [5, 5.41) is 4.60. The lowest BCUT2D eigenvalue weighted by molar-refractivity contribution is 0.408. The van der Waals surface area contributed by atoms with Crippen molar-refractivity contribution in [3.05, 3.63) is 52.0 Å². The Labute approximate surface area is 129 Å². The predicted octanol–water partition coefficient (Wildman–Crippen LogP) is 4.78. The number of hydrogen-bond acceptors (Lipinski definition) is 2. The van der Waals surface area contributed by atoms with Crippen molar-refractivity contribution < 1.29 is 4.74 Å². The van der Waals surface area contributed by atoms with Gasteiger partial charge >= 0.3 is 0 Å². The Kier molecular flexibility index (Phi) is 5.30. The Morgan fingerprint density at radius 3 is 2.55 bits per heavy atom. The molecule has 2 aromatic carbocycles. The molecule has 0 fully saturated rings. The molecule has 0 saturated carbocycles. The van der Waals surface area contributed by atoms with Gasteiger partial charge < -0.3 is 10.1 Å². The number of rotatable bonds is 5. The third kappa shape index (κ3) is 3.45. The van der Waals surface area contributed by atoms with E-state index in [1.165, 1.54) is 0 Å². The first-order valence-electron chi connectivity index (χ1n) is 6.48. The quantitative estimate of drug-likeness (QED) is 0.858. The van der Waals surface area contributed by atoms with Crippen molar-refractivity contribution in [2.75, 3.05) is 13.7 Å². The van der Waals surface area contributed by atoms with Gasteiger partial charge in [0.2, 0.25) is 0 Å². The maximum Gasteiger partial charge on any atom is 0.123 e. The molecule has 0 radical (unpaired) electrons. The molecule has 2 nitrogen and oxygen atoms in total. The predicted molar refractivity (Wildman–Crippen MR) is 85.8 cm³/mol. The van der Waals surface area contributed by atoms with Gasteiger partial charge in [-0.15, -0.1) is 0 Å². The van der Waals surface area contributed by atoms with Gasteiger partial charge in [-0.05, 0) is 36.4 Å². The molecule has 0 saturated heterocycles. The van der Waals surface area contributed by atoms with E-state index in [1.807, 2.05) is 24.3 Å². The summed E-state index contributed by atoms with van der Waals surface area (Å²) in [6, 6.07) is 11.6. The topological polar surface area (TPSA) is 21.3 Å². The summed E-state index contributed by atoms with van der Waals surface area (Å²) >= 11 is 12.2. The van der Waals surface area contributed by atoms with Crippen LogP contribution in [-0.4, -0.2) is 13.7 Å². The van der Waals surface area contributed by atoms with E-state index in [-0.39, 0.29) is 0 Å². The highest BCUT2D eigenvalue weighted by molar-refractivity contribution is 6.36. The molecule has 0 amide bonds. The Hall–Kier alpha value is -1.22. The minimum atomic E-state index is 0.639. The Morgan fingerprint density at radius 1 is 1.10 bits per heavy atom. The zero-order valence-corrected chi connectivity index (χ0v) is 13.1. The minimum absolute atomic E-state index is 0.639. The van der Waals surface area contributed by atoms with Gasteiger partial charge in [0, 0.05) is 27.7 Å². The minimum Gasteiger partial charge on any atom is -0.496 e. The first-order valence-corrected chi connectivity index (χ1v) is 7.24. The molecule has 0 aromatic heterocycles. The molecule has 106 valence electrons. The molecule has 0 unspecified atom stereocenters. The molecule has 2 rings (SSSR count). The van der Waals surface area contributed by atoms with Gasteiger partial charge in [0.25, 0.3) is 0 Å². The molecule has 2 aromatic rings. The highest BCUT2D eigenvalue weighted by Crippen LogP contribution is 2.33. The lowest BCUT2D eigenvalue weighted by Gasteiger charge is -2.12. The smallest absolute Gasteiger partial charge is 0.123 e. The Morgan fingerprint density at radius 2 is 1.90 bits per heavy atom. The van der Waals surface area contributed by atoms with Crippen LogP contribution in [0.2, 0.25) is 10.0 Å². The van der Waals surface area contributed by atoms with Crippen LogP contribution in [0.1, 0.15) is 12.5 Å². The second-order valence-corrected chi connectivity index (χ2v) is 5.27. The summed E-state index contributed by atoms with van der Waals surface area (Å²) in [4.78, 5) is 0. The van der Waals surface area contributed by atoms with Crippen molar-refractivity contribution >= 4 is 23.2 Å². The second kappa shape index (κ2) is 6.98. The maximum atomic E-state index is 6.26. The monoisotopic (exact) mass is 309 g/mol. The number of ether oxygens (including phenoxy) is 1. The second-order valence-electron chi connectivity index (χ2n) is 4.43. The summed E-state index contributed by atoms with van der Waals surface area (Å²) in [5.41, 5.74) is 3.13. The Balaban J connectivity index is 2.41. The van der Waals surface area contributed by atoms with Gasteiger partial charge in [0.05, 0.1) is 7.11 Å². The van der Waals surface area contributed by atoms with Crippen molar-refractivity contribution in [1.82, 2.24) is 5.32 Å². The molecule has 20 heavy (non-hydrogen) atoms. The van der Waals surface area contributed by atoms with Gasteiger partial charge in [0.15, 0.2) is 0 Å². The number of methoxy groups -OCH3 is 1. The van der Waals surface area contributed by atoms with Crippen LogP contribution >= 0.6 is 23.2 Å². The van der Waals surface area contributed by atoms with Crippen molar-refractivity contribution in [2.45, 2.75) is 13.5 Å². The van der Waals surface area contributed by atoms with E-state index >= 15 is 0 Å². The standard InChI is InChI=1S/C16H17Cl2NO/c1-3-19-10-12-8-11(4-7-16(12)20-2)14-6-5-13(17)9-15(14)18/h4-9,19H,3,10H2,1-2H3. The van der Waals surface area contributed by atoms with Gasteiger partial charge in [-0.25, -0.2) is 0 Å². The van der Waals surface area contributed by atoms with Crippen molar-refractivity contribution in [1.29, 1.82) is 0 Å². The molecule has 1 N–H and O–H groups in total. The molecular formula is C16H17Cl2NO. The zero-order chi connectivity index (χ0) is 14.5. The maximum absolute atomic E-state index is 6.26. The summed E-state index contributed by atoms with van der Waals surface area (Å²) in [5.74, 6) is 0.875. The van der Waals surface area contributed by atoms with Crippen LogP contribution in [0.25, 0.3) is 11.1 Å². The summed E-state index contributed by atoms with van der Waals surface area (Å²) in [6.07, 6.45) is 0. The van der Waals surface area contributed by atoms with E-state index in [0.29, 0.717) is 10.0 Å². The molecule has 0 aliphatic carbocycles. The molecule has 0 aliphatic rings. The number of halogens is 2. The van der Waals surface area contributed by atoms with E-state index in [0.717, 1.165) is 35.5 Å². The van der Waals surface area contributed by atoms with E-state index < -0.39 is 0 Å². The first-order chi connectivity index (χ1) is 9.65. The fourth-order valence-corrected chi connectivity index (χ4v) is 2.59. The largest absolute Gasteiger partial charge is 0.496 e. The van der Waals surface area contributed by atoms with Gasteiger partial charge in [-0.3, -0.25) is 0 Å². The van der Waals surface area contributed by atoms with E-state index in [4.69, 9.17) is 27.9 Å². The summed E-state index contributed by atoms with van der Waals surface area (Å²) < 4.78 is 5.39. The summed E-state index contributed by atoms with van der Waals surface area (Å²) in [6.45, 7) is 3.75. The molecule has 0 bridgehead atoms. The third-order valence-electron chi connectivity index (χ3n) is 3.09. The van der Waals surface area contributed by atoms with Crippen LogP contribution in [0.4, 0.5) is 0 Å².